The summed E-state index contributed by atoms with van der Waals surface area (Å²) in [5, 5.41) is 13.2. The van der Waals surface area contributed by atoms with Crippen LogP contribution in [0.2, 0.25) is 0 Å². The molecule has 3 N–H and O–H groups in total. The van der Waals surface area contributed by atoms with Crippen LogP contribution >= 0.6 is 0 Å². The maximum atomic E-state index is 12.1. The standard InChI is InChI=1S/C14H24N2O4S/c1-4-16-21(18,19)13-8-6-5-7-12(13)15-11-14(2,17)9-10-20-3/h5-8,15-17H,4,9-11H2,1-3H3. The van der Waals surface area contributed by atoms with Gasteiger partial charge in [-0.15, -0.1) is 0 Å². The van der Waals surface area contributed by atoms with Crippen LogP contribution in [-0.4, -0.2) is 45.9 Å². The van der Waals surface area contributed by atoms with Gasteiger partial charge in [0.2, 0.25) is 10.0 Å². The Kier molecular flexibility index (Phi) is 6.60. The summed E-state index contributed by atoms with van der Waals surface area (Å²) in [7, 11) is -1.97. The van der Waals surface area contributed by atoms with Crippen molar-refractivity contribution in [2.75, 3.05) is 32.1 Å². The Labute approximate surface area is 126 Å². The Morgan fingerprint density at radius 1 is 1.33 bits per heavy atom. The number of para-hydroxylation sites is 1. The van der Waals surface area contributed by atoms with Gasteiger partial charge in [-0.05, 0) is 19.1 Å². The average Bonchev–Trinajstić information content (AvgIpc) is 2.43. The summed E-state index contributed by atoms with van der Waals surface area (Å²) in [6, 6.07) is 6.62. The molecule has 0 aliphatic heterocycles. The molecule has 0 fully saturated rings. The maximum Gasteiger partial charge on any atom is 0.242 e. The van der Waals surface area contributed by atoms with Gasteiger partial charge in [-0.2, -0.15) is 0 Å². The fourth-order valence-electron chi connectivity index (χ4n) is 1.81. The molecule has 0 saturated carbocycles. The first kappa shape index (κ1) is 17.9. The summed E-state index contributed by atoms with van der Waals surface area (Å²) in [5.74, 6) is 0. The summed E-state index contributed by atoms with van der Waals surface area (Å²) in [6.45, 7) is 4.40. The van der Waals surface area contributed by atoms with Gasteiger partial charge in [0.1, 0.15) is 4.90 Å². The number of aliphatic hydroxyl groups is 1. The molecule has 0 aliphatic carbocycles. The van der Waals surface area contributed by atoms with E-state index in [2.05, 4.69) is 10.0 Å². The monoisotopic (exact) mass is 316 g/mol. The van der Waals surface area contributed by atoms with Crippen LogP contribution in [0.5, 0.6) is 0 Å². The molecule has 1 unspecified atom stereocenters. The summed E-state index contributed by atoms with van der Waals surface area (Å²) in [5.41, 5.74) is -0.512. The molecule has 0 spiro atoms. The maximum absolute atomic E-state index is 12.1. The molecule has 0 bridgehead atoms. The Morgan fingerprint density at radius 2 is 2.00 bits per heavy atom. The lowest BCUT2D eigenvalue weighted by molar-refractivity contribution is 0.0357. The van der Waals surface area contributed by atoms with Crippen LogP contribution in [-0.2, 0) is 14.8 Å². The highest BCUT2D eigenvalue weighted by atomic mass is 32.2. The molecule has 7 heteroatoms. The van der Waals surface area contributed by atoms with E-state index >= 15 is 0 Å². The van der Waals surface area contributed by atoms with Gasteiger partial charge in [0.05, 0.1) is 11.3 Å². The first-order valence-electron chi connectivity index (χ1n) is 6.86. The second-order valence-corrected chi connectivity index (χ2v) is 6.83. The Morgan fingerprint density at radius 3 is 2.62 bits per heavy atom. The topological polar surface area (TPSA) is 87.7 Å². The van der Waals surface area contributed by atoms with E-state index in [-0.39, 0.29) is 11.4 Å². The molecule has 1 aromatic carbocycles. The van der Waals surface area contributed by atoms with E-state index in [1.54, 1.807) is 39.2 Å². The number of hydrogen-bond acceptors (Lipinski definition) is 5. The number of methoxy groups -OCH3 is 1. The van der Waals surface area contributed by atoms with Crippen molar-refractivity contribution >= 4 is 15.7 Å². The number of rotatable bonds is 9. The molecule has 6 nitrogen and oxygen atoms in total. The summed E-state index contributed by atoms with van der Waals surface area (Å²) >= 11 is 0. The second kappa shape index (κ2) is 7.74. The van der Waals surface area contributed by atoms with Crippen LogP contribution in [0.1, 0.15) is 20.3 Å². The minimum atomic E-state index is -3.54. The molecule has 0 radical (unpaired) electrons. The smallest absolute Gasteiger partial charge is 0.242 e. The number of ether oxygens (including phenoxy) is 1. The molecule has 0 heterocycles. The molecular weight excluding hydrogens is 292 g/mol. The zero-order valence-corrected chi connectivity index (χ0v) is 13.5. The third-order valence-corrected chi connectivity index (χ3v) is 4.62. The van der Waals surface area contributed by atoms with E-state index in [1.807, 2.05) is 0 Å². The van der Waals surface area contributed by atoms with E-state index in [4.69, 9.17) is 4.74 Å². The molecule has 0 aromatic heterocycles. The fraction of sp³-hybridized carbons (Fsp3) is 0.571. The average molecular weight is 316 g/mol. The number of nitrogens with one attached hydrogen (secondary N) is 2. The lowest BCUT2D eigenvalue weighted by Gasteiger charge is -2.24. The fourth-order valence-corrected chi connectivity index (χ4v) is 3.03. The Bertz CT molecular complexity index is 544. The van der Waals surface area contributed by atoms with Gasteiger partial charge in [0, 0.05) is 33.2 Å². The molecule has 1 atom stereocenters. The number of benzene rings is 1. The summed E-state index contributed by atoms with van der Waals surface area (Å²) in [4.78, 5) is 0.175. The quantitative estimate of drug-likeness (QED) is 0.637. The van der Waals surface area contributed by atoms with Crippen LogP contribution in [0.4, 0.5) is 5.69 Å². The van der Waals surface area contributed by atoms with E-state index < -0.39 is 15.6 Å². The normalized spacial score (nSPS) is 14.7. The molecule has 21 heavy (non-hydrogen) atoms. The summed E-state index contributed by atoms with van der Waals surface area (Å²) < 4.78 is 31.6. The van der Waals surface area contributed by atoms with Crippen LogP contribution in [0.3, 0.4) is 0 Å². The van der Waals surface area contributed by atoms with E-state index in [0.717, 1.165) is 0 Å². The van der Waals surface area contributed by atoms with Gasteiger partial charge in [-0.1, -0.05) is 19.1 Å². The SMILES string of the molecule is CCNS(=O)(=O)c1ccccc1NCC(C)(O)CCOC. The lowest BCUT2D eigenvalue weighted by Crippen LogP contribution is -2.35. The number of sulfonamides is 1. The van der Waals surface area contributed by atoms with Gasteiger partial charge in [0.25, 0.3) is 0 Å². The summed E-state index contributed by atoms with van der Waals surface area (Å²) in [6.07, 6.45) is 0.457. The molecule has 1 rings (SSSR count). The van der Waals surface area contributed by atoms with Crippen LogP contribution < -0.4 is 10.0 Å². The first-order chi connectivity index (χ1) is 9.82. The van der Waals surface area contributed by atoms with Gasteiger partial charge < -0.3 is 15.2 Å². The largest absolute Gasteiger partial charge is 0.388 e. The molecule has 0 aliphatic rings. The van der Waals surface area contributed by atoms with Crippen molar-refractivity contribution in [1.82, 2.24) is 4.72 Å². The van der Waals surface area contributed by atoms with Gasteiger partial charge >= 0.3 is 0 Å². The van der Waals surface area contributed by atoms with Crippen LogP contribution in [0.25, 0.3) is 0 Å². The molecule has 0 amide bonds. The second-order valence-electron chi connectivity index (χ2n) is 5.09. The first-order valence-corrected chi connectivity index (χ1v) is 8.34. The molecule has 1 aromatic rings. The minimum absolute atomic E-state index is 0.175. The molecule has 0 saturated heterocycles. The van der Waals surface area contributed by atoms with Crippen molar-refractivity contribution < 1.29 is 18.3 Å². The predicted molar refractivity (Wildman–Crippen MR) is 82.9 cm³/mol. The highest BCUT2D eigenvalue weighted by molar-refractivity contribution is 7.89. The van der Waals surface area contributed by atoms with E-state index in [9.17, 15) is 13.5 Å². The Hall–Kier alpha value is -1.15. The Balaban J connectivity index is 2.86. The van der Waals surface area contributed by atoms with Crippen LogP contribution in [0, 0.1) is 0 Å². The van der Waals surface area contributed by atoms with Gasteiger partial charge in [-0.3, -0.25) is 0 Å². The van der Waals surface area contributed by atoms with Gasteiger partial charge in [0.15, 0.2) is 0 Å². The van der Waals surface area contributed by atoms with Crippen molar-refractivity contribution in [3.63, 3.8) is 0 Å². The van der Waals surface area contributed by atoms with Crippen molar-refractivity contribution in [2.24, 2.45) is 0 Å². The van der Waals surface area contributed by atoms with Gasteiger partial charge in [-0.25, -0.2) is 13.1 Å². The number of anilines is 1. The predicted octanol–water partition coefficient (Wildman–Crippen LogP) is 1.18. The van der Waals surface area contributed by atoms with Crippen molar-refractivity contribution in [3.8, 4) is 0 Å². The molecule has 120 valence electrons. The lowest BCUT2D eigenvalue weighted by atomic mass is 10.0. The van der Waals surface area contributed by atoms with Crippen LogP contribution in [0.15, 0.2) is 29.2 Å². The highest BCUT2D eigenvalue weighted by Gasteiger charge is 2.22. The zero-order chi connectivity index (χ0) is 15.9. The van der Waals surface area contributed by atoms with E-state index in [1.165, 1.54) is 6.07 Å². The van der Waals surface area contributed by atoms with E-state index in [0.29, 0.717) is 25.3 Å². The third-order valence-electron chi connectivity index (χ3n) is 3.02. The molecular formula is C14H24N2O4S. The third kappa shape index (κ3) is 5.62. The van der Waals surface area contributed by atoms with Crippen molar-refractivity contribution in [3.05, 3.63) is 24.3 Å². The van der Waals surface area contributed by atoms with Crippen molar-refractivity contribution in [1.29, 1.82) is 0 Å². The zero-order valence-electron chi connectivity index (χ0n) is 12.7. The number of hydrogen-bond donors (Lipinski definition) is 3. The minimum Gasteiger partial charge on any atom is -0.388 e. The van der Waals surface area contributed by atoms with Crippen molar-refractivity contribution in [2.45, 2.75) is 30.8 Å². The highest BCUT2D eigenvalue weighted by Crippen LogP contribution is 2.22.